The van der Waals surface area contributed by atoms with Crippen molar-refractivity contribution in [2.24, 2.45) is 0 Å². The molecular weight excluding hydrogens is 272 g/mol. The normalized spacial score (nSPS) is 10.3. The van der Waals surface area contributed by atoms with Crippen molar-refractivity contribution >= 4 is 22.4 Å². The van der Waals surface area contributed by atoms with Crippen molar-refractivity contribution in [1.82, 2.24) is 4.98 Å². The molecule has 4 nitrogen and oxygen atoms in total. The summed E-state index contributed by atoms with van der Waals surface area (Å²) in [6.45, 7) is 3.63. The number of methoxy groups -OCH3 is 1. The third-order valence-corrected chi connectivity index (χ3v) is 3.85. The number of thiazole rings is 1. The van der Waals surface area contributed by atoms with E-state index >= 15 is 0 Å². The molecule has 2 aromatic rings. The minimum absolute atomic E-state index is 0.0944. The van der Waals surface area contributed by atoms with Gasteiger partial charge in [-0.1, -0.05) is 13.3 Å². The number of carbonyl (C=O) groups is 1. The predicted octanol–water partition coefficient (Wildman–Crippen LogP) is 3.73. The molecular formula is C15H18N2O2S. The van der Waals surface area contributed by atoms with Crippen molar-refractivity contribution in [1.29, 1.82) is 0 Å². The first-order chi connectivity index (χ1) is 9.63. The maximum absolute atomic E-state index is 11.2. The fourth-order valence-electron chi connectivity index (χ4n) is 1.93. The van der Waals surface area contributed by atoms with Crippen LogP contribution in [0.25, 0.3) is 11.3 Å². The molecule has 0 saturated heterocycles. The van der Waals surface area contributed by atoms with E-state index in [1.165, 1.54) is 11.8 Å². The topological polar surface area (TPSA) is 51.2 Å². The number of hydrogen-bond acceptors (Lipinski definition) is 4. The number of nitrogens with zero attached hydrogens (tertiary/aromatic N) is 1. The number of ether oxygens (including phenoxy) is 1. The fourth-order valence-corrected chi connectivity index (χ4v) is 3.06. The zero-order valence-corrected chi connectivity index (χ0v) is 12.7. The van der Waals surface area contributed by atoms with Crippen molar-refractivity contribution in [3.05, 3.63) is 29.1 Å². The van der Waals surface area contributed by atoms with Crippen LogP contribution < -0.4 is 10.1 Å². The van der Waals surface area contributed by atoms with Crippen molar-refractivity contribution < 1.29 is 9.53 Å². The minimum Gasteiger partial charge on any atom is -0.497 e. The lowest BCUT2D eigenvalue weighted by Gasteiger charge is -2.03. The molecule has 1 aromatic heterocycles. The summed E-state index contributed by atoms with van der Waals surface area (Å²) in [4.78, 5) is 16.9. The van der Waals surface area contributed by atoms with E-state index in [4.69, 9.17) is 4.74 Å². The average Bonchev–Trinajstić information content (AvgIpc) is 2.81. The number of aromatic nitrogens is 1. The van der Waals surface area contributed by atoms with Gasteiger partial charge in [0, 0.05) is 17.4 Å². The number of nitrogens with one attached hydrogen (secondary N) is 1. The van der Waals surface area contributed by atoms with Crippen molar-refractivity contribution in [3.8, 4) is 17.0 Å². The third-order valence-electron chi connectivity index (χ3n) is 2.82. The molecule has 0 fully saturated rings. The summed E-state index contributed by atoms with van der Waals surface area (Å²) in [5.74, 6) is 0.728. The van der Waals surface area contributed by atoms with Gasteiger partial charge < -0.3 is 10.1 Å². The quantitative estimate of drug-likeness (QED) is 0.913. The van der Waals surface area contributed by atoms with Crippen LogP contribution in [0.15, 0.2) is 24.3 Å². The Bertz CT molecular complexity index is 590. The molecule has 0 saturated carbocycles. The highest BCUT2D eigenvalue weighted by Gasteiger charge is 2.13. The van der Waals surface area contributed by atoms with E-state index in [0.717, 1.165) is 29.8 Å². The Morgan fingerprint density at radius 1 is 1.35 bits per heavy atom. The Kier molecular flexibility index (Phi) is 4.74. The standard InChI is InChI=1S/C15H18N2O2S/c1-4-5-13-14(17-15(20-13)16-10(2)18)11-6-8-12(19-3)9-7-11/h6-9H,4-5H2,1-3H3,(H,16,17,18). The second-order valence-corrected chi connectivity index (χ2v) is 5.53. The molecule has 20 heavy (non-hydrogen) atoms. The SMILES string of the molecule is CCCc1sc(NC(C)=O)nc1-c1ccc(OC)cc1. The molecule has 0 aliphatic carbocycles. The maximum Gasteiger partial charge on any atom is 0.223 e. The lowest BCUT2D eigenvalue weighted by molar-refractivity contribution is -0.114. The molecule has 1 aromatic carbocycles. The molecule has 106 valence electrons. The monoisotopic (exact) mass is 290 g/mol. The summed E-state index contributed by atoms with van der Waals surface area (Å²) in [6.07, 6.45) is 2.00. The van der Waals surface area contributed by atoms with Gasteiger partial charge in [0.25, 0.3) is 0 Å². The van der Waals surface area contributed by atoms with Crippen LogP contribution in [-0.2, 0) is 11.2 Å². The van der Waals surface area contributed by atoms with Gasteiger partial charge in [0.15, 0.2) is 5.13 Å². The summed E-state index contributed by atoms with van der Waals surface area (Å²) in [7, 11) is 1.65. The van der Waals surface area contributed by atoms with Gasteiger partial charge in [-0.15, -0.1) is 11.3 Å². The first kappa shape index (κ1) is 14.5. The van der Waals surface area contributed by atoms with Gasteiger partial charge in [0.05, 0.1) is 12.8 Å². The van der Waals surface area contributed by atoms with Gasteiger partial charge in [0.1, 0.15) is 5.75 Å². The summed E-state index contributed by atoms with van der Waals surface area (Å²) < 4.78 is 5.17. The van der Waals surface area contributed by atoms with Gasteiger partial charge in [-0.3, -0.25) is 4.79 Å². The molecule has 1 N–H and O–H groups in total. The molecule has 0 aliphatic rings. The van der Waals surface area contributed by atoms with Crippen molar-refractivity contribution in [2.45, 2.75) is 26.7 Å². The molecule has 0 radical (unpaired) electrons. The molecule has 0 aliphatic heterocycles. The number of rotatable bonds is 5. The van der Waals surface area contributed by atoms with Gasteiger partial charge in [0.2, 0.25) is 5.91 Å². The average molecular weight is 290 g/mol. The van der Waals surface area contributed by atoms with Crippen molar-refractivity contribution in [2.75, 3.05) is 12.4 Å². The van der Waals surface area contributed by atoms with Gasteiger partial charge in [-0.25, -0.2) is 4.98 Å². The Morgan fingerprint density at radius 2 is 2.05 bits per heavy atom. The second-order valence-electron chi connectivity index (χ2n) is 4.45. The molecule has 0 atom stereocenters. The van der Waals surface area contributed by atoms with E-state index in [-0.39, 0.29) is 5.91 Å². The Morgan fingerprint density at radius 3 is 2.60 bits per heavy atom. The number of anilines is 1. The second kappa shape index (κ2) is 6.52. The third kappa shape index (κ3) is 3.36. The fraction of sp³-hybridized carbons (Fsp3) is 0.333. The highest BCUT2D eigenvalue weighted by atomic mass is 32.1. The zero-order chi connectivity index (χ0) is 14.5. The first-order valence-corrected chi connectivity index (χ1v) is 7.37. The van der Waals surface area contributed by atoms with Gasteiger partial charge in [-0.05, 0) is 30.7 Å². The molecule has 1 heterocycles. The van der Waals surface area contributed by atoms with Crippen LogP contribution >= 0.6 is 11.3 Å². The van der Waals surface area contributed by atoms with Crippen LogP contribution in [-0.4, -0.2) is 18.0 Å². The summed E-state index contributed by atoms with van der Waals surface area (Å²) in [5.41, 5.74) is 1.99. The molecule has 1 amide bonds. The van der Waals surface area contributed by atoms with Crippen LogP contribution in [0, 0.1) is 0 Å². The first-order valence-electron chi connectivity index (χ1n) is 6.55. The van der Waals surface area contributed by atoms with E-state index in [0.29, 0.717) is 5.13 Å². The molecule has 0 spiro atoms. The Balaban J connectivity index is 2.36. The Hall–Kier alpha value is -1.88. The molecule has 0 unspecified atom stereocenters. The van der Waals surface area contributed by atoms with Gasteiger partial charge >= 0.3 is 0 Å². The minimum atomic E-state index is -0.0944. The Labute approximate surface area is 122 Å². The van der Waals surface area contributed by atoms with Crippen LogP contribution in [0.4, 0.5) is 5.13 Å². The maximum atomic E-state index is 11.2. The highest BCUT2D eigenvalue weighted by molar-refractivity contribution is 7.16. The van der Waals surface area contributed by atoms with E-state index in [1.807, 2.05) is 24.3 Å². The predicted molar refractivity (Wildman–Crippen MR) is 82.4 cm³/mol. The number of benzene rings is 1. The summed E-state index contributed by atoms with van der Waals surface area (Å²) >= 11 is 1.54. The number of aryl methyl sites for hydroxylation is 1. The highest BCUT2D eigenvalue weighted by Crippen LogP contribution is 2.32. The largest absolute Gasteiger partial charge is 0.497 e. The van der Waals surface area contributed by atoms with Crippen LogP contribution in [0.5, 0.6) is 5.75 Å². The lowest BCUT2D eigenvalue weighted by atomic mass is 10.1. The summed E-state index contributed by atoms with van der Waals surface area (Å²) in [6, 6.07) is 7.82. The number of amides is 1. The molecule has 2 rings (SSSR count). The van der Waals surface area contributed by atoms with E-state index in [2.05, 4.69) is 17.2 Å². The van der Waals surface area contributed by atoms with Crippen LogP contribution in [0.2, 0.25) is 0 Å². The summed E-state index contributed by atoms with van der Waals surface area (Å²) in [5, 5.41) is 3.42. The van der Waals surface area contributed by atoms with Crippen LogP contribution in [0.1, 0.15) is 25.1 Å². The van der Waals surface area contributed by atoms with E-state index < -0.39 is 0 Å². The van der Waals surface area contributed by atoms with Crippen LogP contribution in [0.3, 0.4) is 0 Å². The number of hydrogen-bond donors (Lipinski definition) is 1. The van der Waals surface area contributed by atoms with E-state index in [1.54, 1.807) is 18.4 Å². The number of carbonyl (C=O) groups excluding carboxylic acids is 1. The smallest absolute Gasteiger partial charge is 0.223 e. The molecule has 5 heteroatoms. The van der Waals surface area contributed by atoms with Gasteiger partial charge in [-0.2, -0.15) is 0 Å². The van der Waals surface area contributed by atoms with E-state index in [9.17, 15) is 4.79 Å². The zero-order valence-electron chi connectivity index (χ0n) is 11.9. The lowest BCUT2D eigenvalue weighted by Crippen LogP contribution is -2.04. The van der Waals surface area contributed by atoms with Crippen molar-refractivity contribution in [3.63, 3.8) is 0 Å². The molecule has 0 bridgehead atoms.